The zero-order valence-electron chi connectivity index (χ0n) is 16.9. The molecule has 0 heterocycles. The largest absolute Gasteiger partial charge is 0.491 e. The van der Waals surface area contributed by atoms with Crippen LogP contribution in [0.5, 0.6) is 11.5 Å². The van der Waals surface area contributed by atoms with Gasteiger partial charge in [0.15, 0.2) is 6.61 Å². The van der Waals surface area contributed by atoms with Gasteiger partial charge in [-0.25, -0.2) is 9.59 Å². The number of aliphatic hydroxyl groups excluding tert-OH is 1. The third-order valence-electron chi connectivity index (χ3n) is 3.52. The van der Waals surface area contributed by atoms with E-state index >= 15 is 0 Å². The fourth-order valence-corrected chi connectivity index (χ4v) is 2.08. The van der Waals surface area contributed by atoms with E-state index in [-0.39, 0.29) is 25.3 Å². The van der Waals surface area contributed by atoms with Crippen LogP contribution in [-0.4, -0.2) is 65.2 Å². The molecule has 2 atom stereocenters. The molecular weight excluding hydrogens is 408 g/mol. The zero-order chi connectivity index (χ0) is 23.1. The Labute approximate surface area is 179 Å². The molecule has 0 fully saturated rings. The second kappa shape index (κ2) is 14.4. The van der Waals surface area contributed by atoms with Crippen LogP contribution in [0.15, 0.2) is 60.7 Å². The van der Waals surface area contributed by atoms with Crippen molar-refractivity contribution < 1.29 is 39.2 Å². The Kier molecular flexibility index (Phi) is 11.8. The van der Waals surface area contributed by atoms with Gasteiger partial charge in [-0.05, 0) is 31.2 Å². The molecule has 0 saturated carbocycles. The standard InChI is InChI=1S/C19H24N2O4.C2H2O4/c1-15(21-19(23)14-25-18-10-6-3-7-11-18)20-12-16(22)13-24-17-8-4-2-5-9-17;3-1(4)2(5)6/h2-11,15-16,20,22H,12-14H2,1H3,(H,21,23);(H,3,4)(H,5,6). The molecule has 0 aliphatic carbocycles. The van der Waals surface area contributed by atoms with Gasteiger partial charge in [0.25, 0.3) is 5.91 Å². The summed E-state index contributed by atoms with van der Waals surface area (Å²) in [5.74, 6) is -2.53. The number of aliphatic carboxylic acids is 2. The fourth-order valence-electron chi connectivity index (χ4n) is 2.08. The van der Waals surface area contributed by atoms with E-state index in [1.807, 2.05) is 48.5 Å². The van der Waals surface area contributed by atoms with Gasteiger partial charge >= 0.3 is 11.9 Å². The molecule has 168 valence electrons. The summed E-state index contributed by atoms with van der Waals surface area (Å²) in [5, 5.41) is 30.5. The summed E-state index contributed by atoms with van der Waals surface area (Å²) in [6, 6.07) is 18.4. The van der Waals surface area contributed by atoms with Gasteiger partial charge in [-0.2, -0.15) is 0 Å². The Morgan fingerprint density at radius 2 is 1.35 bits per heavy atom. The van der Waals surface area contributed by atoms with Crippen LogP contribution in [0.25, 0.3) is 0 Å². The molecular formula is C21H26N2O8. The summed E-state index contributed by atoms with van der Waals surface area (Å²) in [6.07, 6.45) is -0.974. The molecule has 0 bridgehead atoms. The fraction of sp³-hybridized carbons (Fsp3) is 0.286. The molecule has 0 aromatic heterocycles. The number of carbonyl (C=O) groups is 3. The van der Waals surface area contributed by atoms with Crippen LogP contribution in [0.2, 0.25) is 0 Å². The minimum absolute atomic E-state index is 0.0598. The quantitative estimate of drug-likeness (QED) is 0.269. The summed E-state index contributed by atoms with van der Waals surface area (Å²) in [6.45, 7) is 2.21. The number of benzene rings is 2. The van der Waals surface area contributed by atoms with Gasteiger partial charge in [-0.1, -0.05) is 36.4 Å². The van der Waals surface area contributed by atoms with Gasteiger partial charge in [0.05, 0.1) is 6.17 Å². The first-order valence-electron chi connectivity index (χ1n) is 9.30. The number of ether oxygens (including phenoxy) is 2. The highest BCUT2D eigenvalue weighted by molar-refractivity contribution is 6.27. The zero-order valence-corrected chi connectivity index (χ0v) is 16.9. The maximum absolute atomic E-state index is 11.8. The van der Waals surface area contributed by atoms with Gasteiger partial charge in [-0.15, -0.1) is 0 Å². The number of hydrogen-bond acceptors (Lipinski definition) is 7. The third kappa shape index (κ3) is 12.5. The highest BCUT2D eigenvalue weighted by atomic mass is 16.5. The molecule has 0 aliphatic heterocycles. The Hall–Kier alpha value is -3.63. The molecule has 0 spiro atoms. The Morgan fingerprint density at radius 3 is 1.84 bits per heavy atom. The van der Waals surface area contributed by atoms with Crippen LogP contribution in [0.4, 0.5) is 0 Å². The first kappa shape index (κ1) is 25.4. The van der Waals surface area contributed by atoms with E-state index < -0.39 is 18.0 Å². The number of carboxylic acid groups (broad SMARTS) is 2. The van der Waals surface area contributed by atoms with Crippen molar-refractivity contribution in [2.75, 3.05) is 19.8 Å². The first-order valence-corrected chi connectivity index (χ1v) is 9.30. The van der Waals surface area contributed by atoms with Crippen LogP contribution in [0, 0.1) is 0 Å². The summed E-state index contributed by atoms with van der Waals surface area (Å²) in [4.78, 5) is 30.0. The Bertz CT molecular complexity index is 790. The molecule has 0 radical (unpaired) electrons. The topological polar surface area (TPSA) is 154 Å². The summed E-state index contributed by atoms with van der Waals surface area (Å²) < 4.78 is 10.8. The van der Waals surface area contributed by atoms with E-state index in [1.165, 1.54) is 0 Å². The van der Waals surface area contributed by atoms with Crippen molar-refractivity contribution in [2.24, 2.45) is 0 Å². The normalized spacial score (nSPS) is 11.8. The maximum atomic E-state index is 11.8. The summed E-state index contributed by atoms with van der Waals surface area (Å²) >= 11 is 0. The summed E-state index contributed by atoms with van der Waals surface area (Å²) in [5.41, 5.74) is 0. The molecule has 5 N–H and O–H groups in total. The molecule has 2 aromatic carbocycles. The SMILES string of the molecule is CC(NCC(O)COc1ccccc1)NC(=O)COc1ccccc1.O=C(O)C(=O)O. The van der Waals surface area contributed by atoms with E-state index in [0.29, 0.717) is 18.0 Å². The van der Waals surface area contributed by atoms with Crippen molar-refractivity contribution in [2.45, 2.75) is 19.2 Å². The number of aliphatic hydroxyl groups is 1. The molecule has 10 heteroatoms. The predicted octanol–water partition coefficient (Wildman–Crippen LogP) is 0.713. The van der Waals surface area contributed by atoms with Crippen molar-refractivity contribution >= 4 is 17.8 Å². The number of nitrogens with one attached hydrogen (secondary N) is 2. The molecule has 0 saturated heterocycles. The lowest BCUT2D eigenvalue weighted by Gasteiger charge is -2.19. The number of carbonyl (C=O) groups excluding carboxylic acids is 1. The smallest absolute Gasteiger partial charge is 0.414 e. The third-order valence-corrected chi connectivity index (χ3v) is 3.52. The van der Waals surface area contributed by atoms with Gasteiger partial charge in [0.2, 0.25) is 0 Å². The van der Waals surface area contributed by atoms with Crippen LogP contribution >= 0.6 is 0 Å². The number of hydrogen-bond donors (Lipinski definition) is 5. The average Bonchev–Trinajstić information content (AvgIpc) is 2.76. The molecule has 10 nitrogen and oxygen atoms in total. The lowest BCUT2D eigenvalue weighted by atomic mass is 10.3. The maximum Gasteiger partial charge on any atom is 0.414 e. The van der Waals surface area contributed by atoms with E-state index in [9.17, 15) is 9.90 Å². The number of rotatable bonds is 10. The molecule has 2 unspecified atom stereocenters. The second-order valence-electron chi connectivity index (χ2n) is 6.19. The second-order valence-corrected chi connectivity index (χ2v) is 6.19. The predicted molar refractivity (Wildman–Crippen MR) is 111 cm³/mol. The van der Waals surface area contributed by atoms with Crippen LogP contribution in [0.3, 0.4) is 0 Å². The van der Waals surface area contributed by atoms with Crippen molar-refractivity contribution in [1.29, 1.82) is 0 Å². The first-order chi connectivity index (χ1) is 14.8. The van der Waals surface area contributed by atoms with E-state index in [2.05, 4.69) is 10.6 Å². The Morgan fingerprint density at radius 1 is 0.871 bits per heavy atom. The van der Waals surface area contributed by atoms with Crippen LogP contribution < -0.4 is 20.1 Å². The minimum Gasteiger partial charge on any atom is -0.491 e. The van der Waals surface area contributed by atoms with Crippen molar-refractivity contribution in [3.8, 4) is 11.5 Å². The van der Waals surface area contributed by atoms with Gasteiger partial charge in [-0.3, -0.25) is 10.1 Å². The minimum atomic E-state index is -1.82. The van der Waals surface area contributed by atoms with Crippen molar-refractivity contribution in [3.63, 3.8) is 0 Å². The molecule has 2 aromatic rings. The van der Waals surface area contributed by atoms with E-state index in [4.69, 9.17) is 29.3 Å². The highest BCUT2D eigenvalue weighted by Gasteiger charge is 2.11. The van der Waals surface area contributed by atoms with Gasteiger partial charge < -0.3 is 30.1 Å². The van der Waals surface area contributed by atoms with Gasteiger partial charge in [0, 0.05) is 6.54 Å². The van der Waals surface area contributed by atoms with Crippen molar-refractivity contribution in [3.05, 3.63) is 60.7 Å². The van der Waals surface area contributed by atoms with Crippen LogP contribution in [0.1, 0.15) is 6.92 Å². The van der Waals surface area contributed by atoms with E-state index in [0.717, 1.165) is 0 Å². The van der Waals surface area contributed by atoms with E-state index in [1.54, 1.807) is 19.1 Å². The number of amides is 1. The molecule has 1 amide bonds. The highest BCUT2D eigenvalue weighted by Crippen LogP contribution is 2.08. The molecule has 31 heavy (non-hydrogen) atoms. The van der Waals surface area contributed by atoms with Crippen molar-refractivity contribution in [1.82, 2.24) is 10.6 Å². The molecule has 2 rings (SSSR count). The average molecular weight is 434 g/mol. The summed E-state index contributed by atoms with van der Waals surface area (Å²) in [7, 11) is 0. The Balaban J connectivity index is 0.000000703. The monoisotopic (exact) mass is 434 g/mol. The number of carboxylic acids is 2. The number of para-hydroxylation sites is 2. The lowest BCUT2D eigenvalue weighted by Crippen LogP contribution is -2.47. The van der Waals surface area contributed by atoms with Crippen LogP contribution in [-0.2, 0) is 14.4 Å². The van der Waals surface area contributed by atoms with Gasteiger partial charge in [0.1, 0.15) is 24.2 Å². The lowest BCUT2D eigenvalue weighted by molar-refractivity contribution is -0.159. The molecule has 0 aliphatic rings.